The van der Waals surface area contributed by atoms with Gasteiger partial charge in [0.15, 0.2) is 5.96 Å². The number of aliphatic imine (C=N–C) groups is 1. The van der Waals surface area contributed by atoms with Gasteiger partial charge in [-0.3, -0.25) is 9.89 Å². The molecule has 0 saturated heterocycles. The Morgan fingerprint density at radius 1 is 1.30 bits per heavy atom. The van der Waals surface area contributed by atoms with Crippen LogP contribution in [0.1, 0.15) is 36.4 Å². The van der Waals surface area contributed by atoms with Gasteiger partial charge in [0.05, 0.1) is 10.7 Å². The maximum atomic E-state index is 4.49. The monoisotopic (exact) mass is 335 g/mol. The number of hydrogen-bond acceptors (Lipinski definition) is 4. The number of guanidine groups is 1. The van der Waals surface area contributed by atoms with Gasteiger partial charge in [-0.25, -0.2) is 4.98 Å². The van der Waals surface area contributed by atoms with Gasteiger partial charge < -0.3 is 10.6 Å². The van der Waals surface area contributed by atoms with Crippen LogP contribution in [-0.2, 0) is 6.42 Å². The van der Waals surface area contributed by atoms with Gasteiger partial charge in [0.1, 0.15) is 0 Å². The number of aryl methyl sites for hydroxylation is 1. The summed E-state index contributed by atoms with van der Waals surface area (Å²) in [6, 6.07) is 0.861. The Morgan fingerprint density at radius 3 is 2.70 bits per heavy atom. The molecule has 0 spiro atoms. The zero-order valence-corrected chi connectivity index (χ0v) is 15.2. The van der Waals surface area contributed by atoms with Crippen LogP contribution >= 0.6 is 11.3 Å². The molecule has 0 aliphatic heterocycles. The molecule has 2 aliphatic rings. The van der Waals surface area contributed by atoms with Crippen LogP contribution in [0, 0.1) is 12.8 Å². The fraction of sp³-hybridized carbons (Fsp3) is 0.765. The predicted molar refractivity (Wildman–Crippen MR) is 97.2 cm³/mol. The number of hydrogen-bond donors (Lipinski definition) is 2. The average molecular weight is 336 g/mol. The largest absolute Gasteiger partial charge is 0.356 e. The maximum absolute atomic E-state index is 4.49. The van der Waals surface area contributed by atoms with Crippen molar-refractivity contribution in [1.82, 2.24) is 20.5 Å². The molecule has 1 aromatic rings. The smallest absolute Gasteiger partial charge is 0.191 e. The quantitative estimate of drug-likeness (QED) is 0.536. The number of nitrogens with zero attached hydrogens (tertiary/aromatic N) is 3. The van der Waals surface area contributed by atoms with E-state index in [1.165, 1.54) is 37.9 Å². The second-order valence-corrected chi connectivity index (χ2v) is 7.77. The molecule has 0 radical (unpaired) electrons. The summed E-state index contributed by atoms with van der Waals surface area (Å²) in [5, 5.41) is 10.1. The molecule has 5 nitrogen and oxygen atoms in total. The third-order valence-electron chi connectivity index (χ3n) is 4.51. The second kappa shape index (κ2) is 8.11. The Labute approximate surface area is 143 Å². The molecular formula is C17H29N5S. The summed E-state index contributed by atoms with van der Waals surface area (Å²) in [6.45, 7) is 6.33. The van der Waals surface area contributed by atoms with Crippen molar-refractivity contribution in [3.63, 3.8) is 0 Å². The molecule has 2 N–H and O–H groups in total. The average Bonchev–Trinajstić information content (AvgIpc) is 3.44. The lowest BCUT2D eigenvalue weighted by molar-refractivity contribution is 0.256. The highest BCUT2D eigenvalue weighted by atomic mass is 32.1. The second-order valence-electron chi connectivity index (χ2n) is 6.70. The number of rotatable bonds is 9. The summed E-state index contributed by atoms with van der Waals surface area (Å²) in [5.41, 5.74) is 1.17. The molecular weight excluding hydrogens is 306 g/mol. The summed E-state index contributed by atoms with van der Waals surface area (Å²) in [5.74, 6) is 1.88. The lowest BCUT2D eigenvalue weighted by Gasteiger charge is -2.22. The fourth-order valence-corrected chi connectivity index (χ4v) is 3.51. The molecule has 2 saturated carbocycles. The topological polar surface area (TPSA) is 52.6 Å². The first-order valence-electron chi connectivity index (χ1n) is 8.84. The molecule has 0 atom stereocenters. The van der Waals surface area contributed by atoms with Crippen molar-refractivity contribution in [2.45, 2.75) is 45.1 Å². The third kappa shape index (κ3) is 5.77. The van der Waals surface area contributed by atoms with Crippen LogP contribution in [0.2, 0.25) is 0 Å². The molecule has 0 bridgehead atoms. The zero-order chi connectivity index (χ0) is 16.1. The van der Waals surface area contributed by atoms with Crippen molar-refractivity contribution >= 4 is 17.3 Å². The van der Waals surface area contributed by atoms with E-state index >= 15 is 0 Å². The van der Waals surface area contributed by atoms with Crippen molar-refractivity contribution in [3.8, 4) is 0 Å². The van der Waals surface area contributed by atoms with Gasteiger partial charge in [0, 0.05) is 51.1 Å². The molecule has 23 heavy (non-hydrogen) atoms. The van der Waals surface area contributed by atoms with E-state index in [2.05, 4.69) is 37.8 Å². The lowest BCUT2D eigenvalue weighted by Crippen LogP contribution is -2.43. The Balaban J connectivity index is 1.32. The van der Waals surface area contributed by atoms with Gasteiger partial charge in [-0.15, -0.1) is 11.3 Å². The minimum atomic E-state index is 0.861. The van der Waals surface area contributed by atoms with Crippen molar-refractivity contribution in [2.24, 2.45) is 10.9 Å². The predicted octanol–water partition coefficient (Wildman–Crippen LogP) is 2.03. The van der Waals surface area contributed by atoms with E-state index in [1.807, 2.05) is 7.05 Å². The Morgan fingerprint density at radius 2 is 2.09 bits per heavy atom. The minimum absolute atomic E-state index is 0.861. The lowest BCUT2D eigenvalue weighted by atomic mass is 10.3. The standard InChI is InChI=1S/C17H29N5S/c1-13-21-15(12-23-13)7-8-19-17(18-2)20-9-10-22(16-5-6-16)11-14-3-4-14/h12,14,16H,3-11H2,1-2H3,(H2,18,19,20). The molecule has 0 aromatic carbocycles. The summed E-state index contributed by atoms with van der Waals surface area (Å²) in [6.07, 6.45) is 6.62. The van der Waals surface area contributed by atoms with E-state index in [0.717, 1.165) is 49.0 Å². The van der Waals surface area contributed by atoms with E-state index in [-0.39, 0.29) is 0 Å². The van der Waals surface area contributed by atoms with Gasteiger partial charge in [-0.2, -0.15) is 0 Å². The molecule has 2 fully saturated rings. The first-order valence-corrected chi connectivity index (χ1v) is 9.72. The Bertz CT molecular complexity index is 519. The first kappa shape index (κ1) is 16.7. The van der Waals surface area contributed by atoms with E-state index < -0.39 is 0 Å². The summed E-state index contributed by atoms with van der Waals surface area (Å²) >= 11 is 1.71. The SMILES string of the molecule is CN=C(NCCc1csc(C)n1)NCCN(CC1CC1)C1CC1. The number of thiazole rings is 1. The highest BCUT2D eigenvalue weighted by Gasteiger charge is 2.33. The molecule has 0 amide bonds. The summed E-state index contributed by atoms with van der Waals surface area (Å²) < 4.78 is 0. The van der Waals surface area contributed by atoms with E-state index in [4.69, 9.17) is 0 Å². The summed E-state index contributed by atoms with van der Waals surface area (Å²) in [4.78, 5) is 11.5. The Hall–Kier alpha value is -1.14. The molecule has 2 aliphatic carbocycles. The fourth-order valence-electron chi connectivity index (χ4n) is 2.87. The van der Waals surface area contributed by atoms with E-state index in [0.29, 0.717) is 0 Å². The van der Waals surface area contributed by atoms with Gasteiger partial charge in [-0.1, -0.05) is 0 Å². The molecule has 3 rings (SSSR count). The van der Waals surface area contributed by atoms with Crippen molar-refractivity contribution < 1.29 is 0 Å². The van der Waals surface area contributed by atoms with E-state index in [9.17, 15) is 0 Å². The Kier molecular flexibility index (Phi) is 5.89. The van der Waals surface area contributed by atoms with Crippen LogP contribution in [0.25, 0.3) is 0 Å². The normalized spacial score (nSPS) is 18.5. The van der Waals surface area contributed by atoms with E-state index in [1.54, 1.807) is 11.3 Å². The van der Waals surface area contributed by atoms with Gasteiger partial charge >= 0.3 is 0 Å². The first-order chi connectivity index (χ1) is 11.2. The van der Waals surface area contributed by atoms with Gasteiger partial charge in [0.2, 0.25) is 0 Å². The summed E-state index contributed by atoms with van der Waals surface area (Å²) in [7, 11) is 1.84. The zero-order valence-electron chi connectivity index (χ0n) is 14.3. The van der Waals surface area contributed by atoms with Crippen LogP contribution in [-0.4, -0.2) is 55.1 Å². The van der Waals surface area contributed by atoms with Gasteiger partial charge in [-0.05, 0) is 38.5 Å². The third-order valence-corrected chi connectivity index (χ3v) is 5.33. The minimum Gasteiger partial charge on any atom is -0.356 e. The highest BCUT2D eigenvalue weighted by Crippen LogP contribution is 2.34. The molecule has 6 heteroatoms. The molecule has 1 heterocycles. The van der Waals surface area contributed by atoms with Crippen LogP contribution in [0.4, 0.5) is 0 Å². The molecule has 1 aromatic heterocycles. The van der Waals surface area contributed by atoms with Crippen LogP contribution in [0.3, 0.4) is 0 Å². The van der Waals surface area contributed by atoms with Crippen LogP contribution in [0.15, 0.2) is 10.4 Å². The van der Waals surface area contributed by atoms with Gasteiger partial charge in [0.25, 0.3) is 0 Å². The number of nitrogens with one attached hydrogen (secondary N) is 2. The highest BCUT2D eigenvalue weighted by molar-refractivity contribution is 7.09. The maximum Gasteiger partial charge on any atom is 0.191 e. The van der Waals surface area contributed by atoms with Crippen LogP contribution in [0.5, 0.6) is 0 Å². The van der Waals surface area contributed by atoms with Crippen molar-refractivity contribution in [1.29, 1.82) is 0 Å². The van der Waals surface area contributed by atoms with Crippen molar-refractivity contribution in [3.05, 3.63) is 16.1 Å². The molecule has 128 valence electrons. The van der Waals surface area contributed by atoms with Crippen molar-refractivity contribution in [2.75, 3.05) is 33.2 Å². The number of aromatic nitrogens is 1. The van der Waals surface area contributed by atoms with Crippen LogP contribution < -0.4 is 10.6 Å². The molecule has 0 unspecified atom stereocenters.